The number of hydrogen-bond acceptors (Lipinski definition) is 15. The largest absolute Gasteiger partial charge is 1.00 e. The maximum atomic E-state index is 12.0. The quantitative estimate of drug-likeness (QED) is 0.0312. The van der Waals surface area contributed by atoms with E-state index in [0.29, 0.717) is 71.3 Å². The molecule has 0 saturated carbocycles. The molecule has 0 bridgehead atoms. The molecule has 16 nitrogen and oxygen atoms in total. The molecule has 2 atom stereocenters. The number of cyclic esters (lactones) is 2. The topological polar surface area (TPSA) is 234 Å². The number of hydrogen-bond donors (Lipinski definition) is 4. The fourth-order valence-corrected chi connectivity index (χ4v) is 10.9. The van der Waals surface area contributed by atoms with Crippen molar-refractivity contribution in [1.29, 1.82) is 0 Å². The number of carbonyl (C=O) groups excluding carboxylic acids is 4. The first-order valence-corrected chi connectivity index (χ1v) is 23.8. The molecular weight excluding hydrogens is 776 g/mol. The molecule has 0 aromatic rings. The Kier molecular flexibility index (Phi) is 45.2. The number of amides is 1. The van der Waals surface area contributed by atoms with E-state index in [0.717, 1.165) is 57.9 Å². The fraction of sp³-hybridized carbons (Fsp3) is 0.892. The SMILES string of the molecule is C.CCO[Si](CCC(CC(=O)NCCCCCCO)C(=O)[O-])(OCC)OCC.CCO[Si](CCC1CC(=O)OC1=O)(OCC)OCC.NCCCCCCO.[Na+]. The van der Waals surface area contributed by atoms with Gasteiger partial charge in [-0.2, -0.15) is 0 Å². The third-order valence-electron chi connectivity index (χ3n) is 8.03. The van der Waals surface area contributed by atoms with Gasteiger partial charge in [0.1, 0.15) is 0 Å². The molecule has 19 heteroatoms. The molecule has 1 amide bonds. The minimum absolute atomic E-state index is 0. The minimum Gasteiger partial charge on any atom is -0.550 e. The molecule has 1 aliphatic rings. The van der Waals surface area contributed by atoms with Crippen LogP contribution in [0.1, 0.15) is 126 Å². The molecule has 328 valence electrons. The Labute approximate surface area is 362 Å². The molecule has 1 rings (SSSR count). The molecule has 0 aromatic carbocycles. The first-order valence-electron chi connectivity index (χ1n) is 19.9. The van der Waals surface area contributed by atoms with Crippen molar-refractivity contribution in [2.45, 2.75) is 138 Å². The van der Waals surface area contributed by atoms with Gasteiger partial charge < -0.3 is 62.5 Å². The van der Waals surface area contributed by atoms with Crippen LogP contribution < -0.4 is 45.7 Å². The van der Waals surface area contributed by atoms with Crippen LogP contribution in [-0.2, 0) is 50.5 Å². The summed E-state index contributed by atoms with van der Waals surface area (Å²) < 4.78 is 38.8. The van der Waals surface area contributed by atoms with E-state index < -0.39 is 41.4 Å². The van der Waals surface area contributed by atoms with Crippen LogP contribution in [0.5, 0.6) is 0 Å². The molecule has 2 unspecified atom stereocenters. The predicted molar refractivity (Wildman–Crippen MR) is 212 cm³/mol. The van der Waals surface area contributed by atoms with Crippen molar-refractivity contribution in [3.8, 4) is 0 Å². The Morgan fingerprint density at radius 1 is 0.768 bits per heavy atom. The standard InChI is InChI=1S/C18H37NO7Si.C12H22O6Si.C6H15NO.CH4.Na/c1-4-24-27(25-5-2,26-6-3)14-11-16(18(22)23)15-17(21)19-12-9-7-8-10-13-20;1-4-15-19(16-5-2,17-6-3)8-7-10-9-11(13)18-12(10)14;7-5-3-1-2-4-6-8;;/h16,20H,4-15H2,1-3H3,(H,19,21)(H,22,23);10H,4-9H2,1-3H3;8H,1-7H2;1H4;/q;;;;+1/p-1. The second kappa shape index (κ2) is 40.9. The van der Waals surface area contributed by atoms with Crippen LogP contribution in [0.15, 0.2) is 0 Å². The monoisotopic (exact) mass is 852 g/mol. The molecule has 1 fully saturated rings. The number of carboxylic acid groups (broad SMARTS) is 1. The average Bonchev–Trinajstić information content (AvgIpc) is 3.46. The van der Waals surface area contributed by atoms with E-state index in [4.69, 9.17) is 42.5 Å². The van der Waals surface area contributed by atoms with Crippen LogP contribution >= 0.6 is 0 Å². The molecular formula is C37H77N2NaO14Si2. The normalized spacial score (nSPS) is 14.3. The summed E-state index contributed by atoms with van der Waals surface area (Å²) in [6, 6.07) is 0.852. The molecule has 5 N–H and O–H groups in total. The van der Waals surface area contributed by atoms with Crippen LogP contribution in [-0.4, -0.2) is 118 Å². The van der Waals surface area contributed by atoms with Gasteiger partial charge in [0.05, 0.1) is 12.3 Å². The summed E-state index contributed by atoms with van der Waals surface area (Å²) in [6.07, 6.45) is 8.41. The zero-order valence-corrected chi connectivity index (χ0v) is 39.0. The van der Waals surface area contributed by atoms with Crippen molar-refractivity contribution < 1.29 is 95.3 Å². The van der Waals surface area contributed by atoms with E-state index in [1.54, 1.807) is 0 Å². The van der Waals surface area contributed by atoms with E-state index in [1.807, 2.05) is 41.5 Å². The fourth-order valence-electron chi connectivity index (χ4n) is 5.47. The number of ether oxygens (including phenoxy) is 1. The first-order chi connectivity index (χ1) is 25.9. The molecule has 56 heavy (non-hydrogen) atoms. The molecule has 1 heterocycles. The Balaban J connectivity index is -0.000000405. The smallest absolute Gasteiger partial charge is 0.550 e. The second-order valence-electron chi connectivity index (χ2n) is 12.4. The number of carbonyl (C=O) groups is 4. The Bertz CT molecular complexity index is 934. The molecule has 0 radical (unpaired) electrons. The number of unbranched alkanes of at least 4 members (excludes halogenated alkanes) is 6. The second-order valence-corrected chi connectivity index (χ2v) is 17.8. The third-order valence-corrected chi connectivity index (χ3v) is 14.2. The molecule has 1 saturated heterocycles. The van der Waals surface area contributed by atoms with E-state index in [9.17, 15) is 24.3 Å². The van der Waals surface area contributed by atoms with Crippen molar-refractivity contribution in [2.24, 2.45) is 17.6 Å². The predicted octanol–water partition coefficient (Wildman–Crippen LogP) is 0.503. The zero-order valence-electron chi connectivity index (χ0n) is 35.0. The Hall–Kier alpha value is -0.846. The van der Waals surface area contributed by atoms with Gasteiger partial charge in [-0.05, 0) is 86.6 Å². The number of aliphatic hydroxyl groups excluding tert-OH is 2. The molecule has 1 aliphatic heterocycles. The molecule has 0 aromatic heterocycles. The van der Waals surface area contributed by atoms with Gasteiger partial charge in [0.2, 0.25) is 5.91 Å². The molecule has 0 spiro atoms. The summed E-state index contributed by atoms with van der Waals surface area (Å²) in [7, 11) is -5.68. The summed E-state index contributed by atoms with van der Waals surface area (Å²) in [5.41, 5.74) is 5.25. The average molecular weight is 853 g/mol. The zero-order chi connectivity index (χ0) is 41.1. The van der Waals surface area contributed by atoms with E-state index in [1.165, 1.54) is 0 Å². The van der Waals surface area contributed by atoms with E-state index >= 15 is 0 Å². The van der Waals surface area contributed by atoms with Gasteiger partial charge in [0.25, 0.3) is 0 Å². The molecule has 0 aliphatic carbocycles. The van der Waals surface area contributed by atoms with Gasteiger partial charge >= 0.3 is 59.1 Å². The number of aliphatic carboxylic acids is 1. The van der Waals surface area contributed by atoms with Gasteiger partial charge in [-0.3, -0.25) is 14.4 Å². The van der Waals surface area contributed by atoms with Crippen molar-refractivity contribution in [2.75, 3.05) is 65.9 Å². The van der Waals surface area contributed by atoms with Crippen LogP contribution in [0.2, 0.25) is 12.1 Å². The summed E-state index contributed by atoms with van der Waals surface area (Å²) in [4.78, 5) is 45.9. The van der Waals surface area contributed by atoms with Gasteiger partial charge in [-0.15, -0.1) is 0 Å². The summed E-state index contributed by atoms with van der Waals surface area (Å²) in [5, 5.41) is 31.2. The van der Waals surface area contributed by atoms with Gasteiger partial charge in [-0.1, -0.05) is 33.1 Å². The summed E-state index contributed by atoms with van der Waals surface area (Å²) >= 11 is 0. The third kappa shape index (κ3) is 31.1. The van der Waals surface area contributed by atoms with Crippen LogP contribution in [0.4, 0.5) is 0 Å². The number of rotatable bonds is 32. The number of carboxylic acids is 1. The van der Waals surface area contributed by atoms with Crippen molar-refractivity contribution in [1.82, 2.24) is 5.32 Å². The summed E-state index contributed by atoms with van der Waals surface area (Å²) in [6.45, 7) is 15.7. The number of nitrogens with two attached hydrogens (primary N) is 1. The van der Waals surface area contributed by atoms with Gasteiger partial charge in [0, 0.05) is 89.8 Å². The van der Waals surface area contributed by atoms with Crippen LogP contribution in [0.3, 0.4) is 0 Å². The maximum absolute atomic E-state index is 12.0. The Morgan fingerprint density at radius 3 is 1.57 bits per heavy atom. The minimum atomic E-state index is -2.94. The number of esters is 2. The maximum Gasteiger partial charge on any atom is 1.00 e. The van der Waals surface area contributed by atoms with Gasteiger partial charge in [0.15, 0.2) is 0 Å². The number of nitrogens with one attached hydrogen (secondary N) is 1. The summed E-state index contributed by atoms with van der Waals surface area (Å²) in [5.74, 6) is -3.75. The number of aliphatic hydroxyl groups is 2. The van der Waals surface area contributed by atoms with E-state index in [-0.39, 0.29) is 74.7 Å². The van der Waals surface area contributed by atoms with Crippen LogP contribution in [0.25, 0.3) is 0 Å². The van der Waals surface area contributed by atoms with Crippen molar-refractivity contribution in [3.05, 3.63) is 0 Å². The van der Waals surface area contributed by atoms with Crippen molar-refractivity contribution >= 4 is 41.4 Å². The van der Waals surface area contributed by atoms with Crippen LogP contribution in [0, 0.1) is 11.8 Å². The van der Waals surface area contributed by atoms with Gasteiger partial charge in [-0.25, -0.2) is 0 Å². The van der Waals surface area contributed by atoms with Crippen molar-refractivity contribution in [3.63, 3.8) is 0 Å². The first kappa shape index (κ1) is 61.8. The van der Waals surface area contributed by atoms with E-state index in [2.05, 4.69) is 10.1 Å². The Morgan fingerprint density at radius 2 is 1.20 bits per heavy atom.